The molecule has 5 aromatic rings. The standard InChI is InChI=1S/C43H48F2N8O3/c1-27-19-33(45)25-51-26-38(49-39(27)51)41(54)48-35-14-10-29(11-15-35)24-52-42(55)37-21-32(44)22-47-40(37)53(43(52)56)36-7-3-5-31(20-36)30-12-8-28(9-13-30)23-50-17-4-6-34(46-2)16-18-50/h3,5,7-9,12-13,20-22,25-27,29,34-35,46H,4,6,10-11,14-19,23-24H2,1-2H3,(H,48,54). The van der Waals surface area contributed by atoms with Gasteiger partial charge in [0.25, 0.3) is 11.5 Å². The molecule has 2 atom stereocenters. The highest BCUT2D eigenvalue weighted by Gasteiger charge is 2.28. The van der Waals surface area contributed by atoms with E-state index >= 15 is 0 Å². The smallest absolute Gasteiger partial charge is 0.337 e. The predicted molar refractivity (Wildman–Crippen MR) is 213 cm³/mol. The second-order valence-electron chi connectivity index (χ2n) is 15.8. The van der Waals surface area contributed by atoms with Gasteiger partial charge in [-0.2, -0.15) is 0 Å². The minimum atomic E-state index is -0.660. The van der Waals surface area contributed by atoms with Crippen molar-refractivity contribution < 1.29 is 13.6 Å². The van der Waals surface area contributed by atoms with Crippen LogP contribution in [0.4, 0.5) is 8.78 Å². The van der Waals surface area contributed by atoms with Gasteiger partial charge in [-0.1, -0.05) is 43.3 Å². The Balaban J connectivity index is 0.988. The molecule has 0 spiro atoms. The Labute approximate surface area is 324 Å². The molecule has 1 aliphatic carbocycles. The Kier molecular flexibility index (Phi) is 10.8. The van der Waals surface area contributed by atoms with E-state index in [1.54, 1.807) is 16.8 Å². The number of rotatable bonds is 9. The first-order valence-corrected chi connectivity index (χ1v) is 19.8. The molecule has 2 fully saturated rings. The van der Waals surface area contributed by atoms with E-state index in [-0.39, 0.29) is 59.3 Å². The fraction of sp³-hybridized carbons (Fsp3) is 0.419. The zero-order chi connectivity index (χ0) is 38.9. The van der Waals surface area contributed by atoms with Gasteiger partial charge in [-0.25, -0.2) is 28.1 Å². The highest BCUT2D eigenvalue weighted by molar-refractivity contribution is 5.92. The zero-order valence-corrected chi connectivity index (χ0v) is 31.9. The molecule has 11 nitrogen and oxygen atoms in total. The Morgan fingerprint density at radius 1 is 0.929 bits per heavy atom. The SMILES string of the molecule is CNC1CCCN(Cc2ccc(-c3cccc(-n4c(=O)n(CC5CCC(NC(=O)c6cn7c(n6)C(C)CC(F)=C7)CC5)c(=O)c5cc(F)cnc54)c3)cc2)CC1. The topological polar surface area (TPSA) is 119 Å². The summed E-state index contributed by atoms with van der Waals surface area (Å²) in [7, 11) is 2.04. The lowest BCUT2D eigenvalue weighted by Gasteiger charge is -2.29. The molecule has 3 aromatic heterocycles. The lowest BCUT2D eigenvalue weighted by atomic mass is 9.86. The van der Waals surface area contributed by atoms with Crippen LogP contribution in [-0.4, -0.2) is 66.7 Å². The van der Waals surface area contributed by atoms with Crippen molar-refractivity contribution in [1.82, 2.24) is 39.2 Å². The molecular weight excluding hydrogens is 715 g/mol. The van der Waals surface area contributed by atoms with Crippen LogP contribution in [0.25, 0.3) is 34.0 Å². The van der Waals surface area contributed by atoms with Crippen LogP contribution in [0.3, 0.4) is 0 Å². The Morgan fingerprint density at radius 2 is 1.73 bits per heavy atom. The largest absolute Gasteiger partial charge is 0.348 e. The molecule has 0 bridgehead atoms. The fourth-order valence-corrected chi connectivity index (χ4v) is 8.67. The number of carbonyl (C=O) groups is 1. The number of pyridine rings is 1. The van der Waals surface area contributed by atoms with Crippen molar-refractivity contribution in [2.45, 2.75) is 89.4 Å². The van der Waals surface area contributed by atoms with Crippen LogP contribution in [0, 0.1) is 11.7 Å². The van der Waals surface area contributed by atoms with Crippen LogP contribution in [-0.2, 0) is 13.1 Å². The van der Waals surface area contributed by atoms with Gasteiger partial charge < -0.3 is 15.2 Å². The number of amides is 1. The van der Waals surface area contributed by atoms with Gasteiger partial charge in [-0.3, -0.25) is 19.1 Å². The summed E-state index contributed by atoms with van der Waals surface area (Å²) in [4.78, 5) is 52.4. The predicted octanol–water partition coefficient (Wildman–Crippen LogP) is 6.39. The van der Waals surface area contributed by atoms with Gasteiger partial charge in [-0.05, 0) is 106 Å². The quantitative estimate of drug-likeness (QED) is 0.179. The van der Waals surface area contributed by atoms with Gasteiger partial charge in [0.15, 0.2) is 5.65 Å². The average molecular weight is 763 g/mol. The molecular formula is C43H48F2N8O3. The fourth-order valence-electron chi connectivity index (χ4n) is 8.67. The molecule has 13 heteroatoms. The Bertz CT molecular complexity index is 2390. The molecule has 3 aliphatic rings. The number of aromatic nitrogens is 5. The van der Waals surface area contributed by atoms with Crippen LogP contribution in [0.15, 0.2) is 82.4 Å². The van der Waals surface area contributed by atoms with Gasteiger partial charge >= 0.3 is 5.69 Å². The molecule has 292 valence electrons. The molecule has 0 radical (unpaired) electrons. The van der Waals surface area contributed by atoms with E-state index in [4.69, 9.17) is 0 Å². The van der Waals surface area contributed by atoms with Crippen molar-refractivity contribution in [3.63, 3.8) is 0 Å². The summed E-state index contributed by atoms with van der Waals surface area (Å²) in [6, 6.07) is 17.7. The lowest BCUT2D eigenvalue weighted by molar-refractivity contribution is 0.0915. The molecule has 1 saturated carbocycles. The average Bonchev–Trinajstić information content (AvgIpc) is 3.51. The summed E-state index contributed by atoms with van der Waals surface area (Å²) >= 11 is 0. The van der Waals surface area contributed by atoms with Crippen molar-refractivity contribution in [1.29, 1.82) is 0 Å². The summed E-state index contributed by atoms with van der Waals surface area (Å²) in [5, 5.41) is 6.52. The molecule has 2 N–H and O–H groups in total. The summed E-state index contributed by atoms with van der Waals surface area (Å²) in [5.41, 5.74) is 2.89. The van der Waals surface area contributed by atoms with Crippen molar-refractivity contribution in [3.05, 3.63) is 117 Å². The number of fused-ring (bicyclic) bond motifs is 2. The minimum absolute atomic E-state index is 0.0150. The first-order valence-electron chi connectivity index (χ1n) is 19.8. The van der Waals surface area contributed by atoms with E-state index in [0.29, 0.717) is 43.2 Å². The molecule has 5 heterocycles. The van der Waals surface area contributed by atoms with Gasteiger partial charge in [0, 0.05) is 49.9 Å². The number of nitrogens with one attached hydrogen (secondary N) is 2. The third kappa shape index (κ3) is 7.88. The summed E-state index contributed by atoms with van der Waals surface area (Å²) < 4.78 is 32.7. The number of benzene rings is 2. The zero-order valence-electron chi connectivity index (χ0n) is 31.9. The Morgan fingerprint density at radius 3 is 2.52 bits per heavy atom. The second-order valence-corrected chi connectivity index (χ2v) is 15.8. The van der Waals surface area contributed by atoms with E-state index in [2.05, 4.69) is 49.8 Å². The van der Waals surface area contributed by atoms with Crippen molar-refractivity contribution in [2.75, 3.05) is 20.1 Å². The number of likely N-dealkylation sites (tertiary alicyclic amines) is 1. The van der Waals surface area contributed by atoms with Gasteiger partial charge in [0.2, 0.25) is 0 Å². The molecule has 56 heavy (non-hydrogen) atoms. The summed E-state index contributed by atoms with van der Waals surface area (Å²) in [5.74, 6) is -0.701. The molecule has 2 unspecified atom stereocenters. The van der Waals surface area contributed by atoms with Crippen LogP contribution >= 0.6 is 0 Å². The lowest BCUT2D eigenvalue weighted by Crippen LogP contribution is -2.43. The third-order valence-corrected chi connectivity index (χ3v) is 11.8. The maximum Gasteiger partial charge on any atom is 0.337 e. The van der Waals surface area contributed by atoms with Crippen molar-refractivity contribution >= 4 is 23.1 Å². The maximum absolute atomic E-state index is 14.6. The maximum atomic E-state index is 14.6. The highest BCUT2D eigenvalue weighted by atomic mass is 19.1. The van der Waals surface area contributed by atoms with Crippen LogP contribution in [0.2, 0.25) is 0 Å². The summed E-state index contributed by atoms with van der Waals surface area (Å²) in [6.07, 6.45) is 10.4. The number of allylic oxidation sites excluding steroid dienone is 1. The van der Waals surface area contributed by atoms with Crippen molar-refractivity contribution in [2.24, 2.45) is 5.92 Å². The molecule has 2 aliphatic heterocycles. The third-order valence-electron chi connectivity index (χ3n) is 11.8. The summed E-state index contributed by atoms with van der Waals surface area (Å²) in [6.45, 7) is 5.08. The highest BCUT2D eigenvalue weighted by Crippen LogP contribution is 2.30. The number of imidazole rings is 1. The van der Waals surface area contributed by atoms with E-state index in [9.17, 15) is 23.2 Å². The van der Waals surface area contributed by atoms with E-state index < -0.39 is 17.1 Å². The normalized spacial score (nSPS) is 21.7. The van der Waals surface area contributed by atoms with E-state index in [0.717, 1.165) is 49.4 Å². The molecule has 1 amide bonds. The number of halogens is 2. The van der Waals surface area contributed by atoms with Gasteiger partial charge in [0.1, 0.15) is 23.2 Å². The number of hydrogen-bond acceptors (Lipinski definition) is 7. The number of hydrogen-bond donors (Lipinski definition) is 2. The van der Waals surface area contributed by atoms with Crippen LogP contribution in [0.1, 0.15) is 86.1 Å². The molecule has 8 rings (SSSR count). The monoisotopic (exact) mass is 762 g/mol. The first-order chi connectivity index (χ1) is 27.1. The minimum Gasteiger partial charge on any atom is -0.348 e. The van der Waals surface area contributed by atoms with E-state index in [1.807, 2.05) is 32.2 Å². The van der Waals surface area contributed by atoms with Gasteiger partial charge in [0.05, 0.1) is 17.3 Å². The van der Waals surface area contributed by atoms with Crippen molar-refractivity contribution in [3.8, 4) is 16.8 Å². The van der Waals surface area contributed by atoms with Crippen LogP contribution in [0.5, 0.6) is 0 Å². The van der Waals surface area contributed by atoms with Gasteiger partial charge in [-0.15, -0.1) is 0 Å². The van der Waals surface area contributed by atoms with E-state index in [1.165, 1.54) is 33.7 Å². The first kappa shape index (κ1) is 37.6. The Hall–Kier alpha value is -5.27. The van der Waals surface area contributed by atoms with Crippen LogP contribution < -0.4 is 21.9 Å². The number of nitrogens with zero attached hydrogens (tertiary/aromatic N) is 6. The molecule has 1 saturated heterocycles. The number of carbonyl (C=O) groups excluding carboxylic acids is 1. The second kappa shape index (κ2) is 16.1. The molecule has 2 aromatic carbocycles.